The lowest BCUT2D eigenvalue weighted by atomic mass is 10.1. The molecule has 1 aromatic rings. The van der Waals surface area contributed by atoms with Gasteiger partial charge in [0.05, 0.1) is 11.8 Å². The summed E-state index contributed by atoms with van der Waals surface area (Å²) in [6.45, 7) is 2.49. The third kappa shape index (κ3) is 3.72. The smallest absolute Gasteiger partial charge is 0.242 e. The number of rotatable bonds is 4. The van der Waals surface area contributed by atoms with Gasteiger partial charge in [0.2, 0.25) is 10.0 Å². The lowest BCUT2D eigenvalue weighted by Crippen LogP contribution is -2.41. The van der Waals surface area contributed by atoms with Gasteiger partial charge in [0.25, 0.3) is 0 Å². The molecule has 2 rings (SSSR count). The molecule has 20 heavy (non-hydrogen) atoms. The van der Waals surface area contributed by atoms with Crippen LogP contribution in [0.15, 0.2) is 23.2 Å². The number of nitrogens with one attached hydrogen (secondary N) is 1. The molecule has 2 heterocycles. The normalized spacial score (nSPS) is 23.4. The zero-order chi connectivity index (χ0) is 14.8. The molecule has 6 nitrogen and oxygen atoms in total. The van der Waals surface area contributed by atoms with Crippen molar-refractivity contribution in [3.63, 3.8) is 0 Å². The van der Waals surface area contributed by atoms with Gasteiger partial charge in [-0.25, -0.2) is 13.1 Å². The number of aromatic nitrogens is 1. The second kappa shape index (κ2) is 6.13. The molecule has 1 fully saturated rings. The Morgan fingerprint density at radius 1 is 1.55 bits per heavy atom. The zero-order valence-electron chi connectivity index (χ0n) is 11.1. The number of sulfonamides is 1. The molecule has 1 saturated heterocycles. The maximum Gasteiger partial charge on any atom is 0.242 e. The summed E-state index contributed by atoms with van der Waals surface area (Å²) in [7, 11) is -3.58. The lowest BCUT2D eigenvalue weighted by molar-refractivity contribution is 0.0173. The highest BCUT2D eigenvalue weighted by Crippen LogP contribution is 2.16. The first-order chi connectivity index (χ1) is 9.38. The van der Waals surface area contributed by atoms with Crippen LogP contribution in [0.1, 0.15) is 25.5 Å². The minimum absolute atomic E-state index is 0.0616. The Balaban J connectivity index is 2.11. The van der Waals surface area contributed by atoms with E-state index in [0.29, 0.717) is 25.1 Å². The lowest BCUT2D eigenvalue weighted by Gasteiger charge is -2.27. The summed E-state index contributed by atoms with van der Waals surface area (Å²) in [5.41, 5.74) is 5.83. The van der Waals surface area contributed by atoms with E-state index in [0.717, 1.165) is 0 Å². The highest BCUT2D eigenvalue weighted by Gasteiger charge is 2.25. The van der Waals surface area contributed by atoms with Crippen LogP contribution in [0.2, 0.25) is 0 Å². The van der Waals surface area contributed by atoms with Crippen LogP contribution < -0.4 is 10.5 Å². The number of hydrogen-bond acceptors (Lipinski definition) is 5. The number of nitrogens with two attached hydrogens (primary N) is 1. The Labute approximate surface area is 123 Å². The minimum Gasteiger partial charge on any atom is -0.388 e. The predicted octanol–water partition coefficient (Wildman–Crippen LogP) is 0.562. The van der Waals surface area contributed by atoms with Crippen molar-refractivity contribution in [2.24, 2.45) is 5.73 Å². The number of hydrogen-bond donors (Lipinski definition) is 2. The fraction of sp³-hybridized carbons (Fsp3) is 0.500. The molecule has 1 aliphatic rings. The summed E-state index contributed by atoms with van der Waals surface area (Å²) in [5, 5.41) is 0. The maximum atomic E-state index is 12.2. The quantitative estimate of drug-likeness (QED) is 0.789. The average molecular weight is 315 g/mol. The summed E-state index contributed by atoms with van der Waals surface area (Å²) < 4.78 is 32.5. The van der Waals surface area contributed by atoms with Crippen LogP contribution in [0.5, 0.6) is 0 Å². The zero-order valence-corrected chi connectivity index (χ0v) is 12.7. The fourth-order valence-electron chi connectivity index (χ4n) is 2.08. The molecule has 0 bridgehead atoms. The van der Waals surface area contributed by atoms with Gasteiger partial charge in [-0.1, -0.05) is 12.2 Å². The average Bonchev–Trinajstić information content (AvgIpc) is 2.38. The van der Waals surface area contributed by atoms with E-state index in [1.54, 1.807) is 0 Å². The van der Waals surface area contributed by atoms with Crippen molar-refractivity contribution in [1.29, 1.82) is 0 Å². The Morgan fingerprint density at radius 2 is 2.30 bits per heavy atom. The third-order valence-corrected chi connectivity index (χ3v) is 4.82. The van der Waals surface area contributed by atoms with E-state index >= 15 is 0 Å². The van der Waals surface area contributed by atoms with Crippen LogP contribution in [0.3, 0.4) is 0 Å². The Hall–Kier alpha value is -1.09. The third-order valence-electron chi connectivity index (χ3n) is 3.11. The molecule has 0 aliphatic carbocycles. The Morgan fingerprint density at radius 3 is 2.85 bits per heavy atom. The molecule has 8 heteroatoms. The highest BCUT2D eigenvalue weighted by atomic mass is 32.2. The van der Waals surface area contributed by atoms with E-state index in [2.05, 4.69) is 9.71 Å². The van der Waals surface area contributed by atoms with Gasteiger partial charge in [0.15, 0.2) is 0 Å². The van der Waals surface area contributed by atoms with Crippen LogP contribution in [0.25, 0.3) is 0 Å². The van der Waals surface area contributed by atoms with Crippen molar-refractivity contribution >= 4 is 27.2 Å². The number of pyridine rings is 1. The topological polar surface area (TPSA) is 94.3 Å². The molecule has 0 spiro atoms. The van der Waals surface area contributed by atoms with E-state index in [1.807, 2.05) is 6.92 Å². The van der Waals surface area contributed by atoms with Crippen molar-refractivity contribution in [2.75, 3.05) is 6.61 Å². The summed E-state index contributed by atoms with van der Waals surface area (Å²) >= 11 is 4.78. The van der Waals surface area contributed by atoms with Crippen molar-refractivity contribution in [3.8, 4) is 0 Å². The fourth-order valence-corrected chi connectivity index (χ4v) is 3.43. The van der Waals surface area contributed by atoms with Crippen molar-refractivity contribution in [2.45, 2.75) is 36.8 Å². The molecule has 0 saturated carbocycles. The van der Waals surface area contributed by atoms with Gasteiger partial charge in [0.1, 0.15) is 9.88 Å². The van der Waals surface area contributed by atoms with Gasteiger partial charge >= 0.3 is 0 Å². The minimum atomic E-state index is -3.58. The van der Waals surface area contributed by atoms with Crippen molar-refractivity contribution in [3.05, 3.63) is 24.0 Å². The molecule has 0 amide bonds. The molecule has 2 unspecified atom stereocenters. The first kappa shape index (κ1) is 15.3. The van der Waals surface area contributed by atoms with E-state index < -0.39 is 10.0 Å². The van der Waals surface area contributed by atoms with Crippen LogP contribution in [-0.4, -0.2) is 37.1 Å². The van der Waals surface area contributed by atoms with E-state index in [4.69, 9.17) is 22.7 Å². The highest BCUT2D eigenvalue weighted by molar-refractivity contribution is 7.89. The van der Waals surface area contributed by atoms with E-state index in [-0.39, 0.29) is 22.0 Å². The monoisotopic (exact) mass is 315 g/mol. The molecule has 0 radical (unpaired) electrons. The molecule has 110 valence electrons. The Kier molecular flexibility index (Phi) is 4.69. The van der Waals surface area contributed by atoms with Gasteiger partial charge in [-0.3, -0.25) is 4.98 Å². The summed E-state index contributed by atoms with van der Waals surface area (Å²) in [4.78, 5) is 4.19. The molecule has 0 aromatic carbocycles. The van der Waals surface area contributed by atoms with Gasteiger partial charge in [-0.05, 0) is 31.9 Å². The molecule has 3 N–H and O–H groups in total. The first-order valence-electron chi connectivity index (χ1n) is 6.28. The predicted molar refractivity (Wildman–Crippen MR) is 78.9 cm³/mol. The van der Waals surface area contributed by atoms with E-state index in [9.17, 15) is 8.42 Å². The van der Waals surface area contributed by atoms with Gasteiger partial charge in [0, 0.05) is 18.8 Å². The van der Waals surface area contributed by atoms with Gasteiger partial charge < -0.3 is 10.5 Å². The molecule has 1 aromatic heterocycles. The summed E-state index contributed by atoms with van der Waals surface area (Å²) in [6, 6.07) is 2.84. The van der Waals surface area contributed by atoms with E-state index in [1.165, 1.54) is 18.3 Å². The van der Waals surface area contributed by atoms with Crippen LogP contribution in [0, 0.1) is 0 Å². The second-order valence-electron chi connectivity index (χ2n) is 4.77. The molecule has 2 atom stereocenters. The van der Waals surface area contributed by atoms with Crippen LogP contribution in [-0.2, 0) is 14.8 Å². The van der Waals surface area contributed by atoms with Gasteiger partial charge in [-0.2, -0.15) is 0 Å². The number of ether oxygens (including phenoxy) is 1. The number of nitrogens with zero attached hydrogens (tertiary/aromatic N) is 1. The largest absolute Gasteiger partial charge is 0.388 e. The standard InChI is InChI=1S/C12H17N3O3S2/c1-8-6-9(4-5-18-8)15-20(16,17)10-2-3-11(12(13)19)14-7-10/h2-3,7-9,15H,4-6H2,1H3,(H2,13,19). The van der Waals surface area contributed by atoms with Crippen LogP contribution in [0.4, 0.5) is 0 Å². The SMILES string of the molecule is CC1CC(NS(=O)(=O)c2ccc(C(N)=S)nc2)CCO1. The summed E-state index contributed by atoms with van der Waals surface area (Å²) in [5.74, 6) is 0. The van der Waals surface area contributed by atoms with Gasteiger partial charge in [-0.15, -0.1) is 0 Å². The van der Waals surface area contributed by atoms with Crippen molar-refractivity contribution < 1.29 is 13.2 Å². The molecular formula is C12H17N3O3S2. The maximum absolute atomic E-state index is 12.2. The number of thiocarbonyl (C=S) groups is 1. The van der Waals surface area contributed by atoms with Crippen LogP contribution >= 0.6 is 12.2 Å². The molecular weight excluding hydrogens is 298 g/mol. The Bertz CT molecular complexity index is 586. The second-order valence-corrected chi connectivity index (χ2v) is 6.92. The van der Waals surface area contributed by atoms with Crippen molar-refractivity contribution in [1.82, 2.24) is 9.71 Å². The first-order valence-corrected chi connectivity index (χ1v) is 8.17. The summed E-state index contributed by atoms with van der Waals surface area (Å²) in [6.07, 6.45) is 2.66. The molecule has 1 aliphatic heterocycles.